The largest absolute Gasteiger partial charge is 0.460 e. The summed E-state index contributed by atoms with van der Waals surface area (Å²) in [6.45, 7) is 2.36. The van der Waals surface area contributed by atoms with E-state index in [9.17, 15) is 4.79 Å². The average molecular weight is 306 g/mol. The first-order valence-electron chi connectivity index (χ1n) is 8.12. The molecule has 0 bridgehead atoms. The number of benzene rings is 1. The van der Waals surface area contributed by atoms with Crippen LogP contribution in [0.2, 0.25) is 0 Å². The molecule has 4 nitrogen and oxygen atoms in total. The summed E-state index contributed by atoms with van der Waals surface area (Å²) >= 11 is 0. The average Bonchev–Trinajstić information content (AvgIpc) is 2.59. The summed E-state index contributed by atoms with van der Waals surface area (Å²) in [4.78, 5) is 11.9. The summed E-state index contributed by atoms with van der Waals surface area (Å²) in [5, 5.41) is 0. The first-order chi connectivity index (χ1) is 10.7. The summed E-state index contributed by atoms with van der Waals surface area (Å²) in [5.41, 5.74) is 1.94. The standard InChI is InChI=1S/C18H26O4/c1-14(20-2)21-12-13-22-18(19)17-10-8-16(9-11-17)15-6-4-3-5-7-15/h8-11,14-15H,3-7,12-13H2,1-2H3. The smallest absolute Gasteiger partial charge is 0.338 e. The Morgan fingerprint density at radius 3 is 2.45 bits per heavy atom. The van der Waals surface area contributed by atoms with Crippen LogP contribution in [0.4, 0.5) is 0 Å². The molecule has 1 atom stereocenters. The molecule has 4 heteroatoms. The zero-order valence-electron chi connectivity index (χ0n) is 13.5. The Morgan fingerprint density at radius 1 is 1.14 bits per heavy atom. The van der Waals surface area contributed by atoms with E-state index in [4.69, 9.17) is 14.2 Å². The Morgan fingerprint density at radius 2 is 1.82 bits per heavy atom. The minimum absolute atomic E-state index is 0.233. The fourth-order valence-electron chi connectivity index (χ4n) is 2.83. The number of carbonyl (C=O) groups excluding carboxylic acids is 1. The second-order valence-corrected chi connectivity index (χ2v) is 5.77. The predicted octanol–water partition coefficient (Wildman–Crippen LogP) is 3.90. The third kappa shape index (κ3) is 5.11. The molecule has 1 unspecified atom stereocenters. The number of rotatable bonds is 7. The van der Waals surface area contributed by atoms with Crippen molar-refractivity contribution in [2.75, 3.05) is 20.3 Å². The highest BCUT2D eigenvalue weighted by atomic mass is 16.7. The normalized spacial score (nSPS) is 17.2. The van der Waals surface area contributed by atoms with Gasteiger partial charge in [0, 0.05) is 7.11 Å². The van der Waals surface area contributed by atoms with Gasteiger partial charge in [-0.2, -0.15) is 0 Å². The number of ether oxygens (including phenoxy) is 3. The predicted molar refractivity (Wildman–Crippen MR) is 85.0 cm³/mol. The van der Waals surface area contributed by atoms with Crippen LogP contribution < -0.4 is 0 Å². The van der Waals surface area contributed by atoms with Gasteiger partial charge >= 0.3 is 5.97 Å². The summed E-state index contributed by atoms with van der Waals surface area (Å²) in [5.74, 6) is 0.353. The van der Waals surface area contributed by atoms with Crippen molar-refractivity contribution in [3.63, 3.8) is 0 Å². The van der Waals surface area contributed by atoms with Crippen LogP contribution in [0.25, 0.3) is 0 Å². The fraction of sp³-hybridized carbons (Fsp3) is 0.611. The Balaban J connectivity index is 1.78. The van der Waals surface area contributed by atoms with Gasteiger partial charge in [0.15, 0.2) is 6.29 Å². The van der Waals surface area contributed by atoms with Gasteiger partial charge in [-0.15, -0.1) is 0 Å². The quantitative estimate of drug-likeness (QED) is 0.435. The van der Waals surface area contributed by atoms with Crippen molar-refractivity contribution in [1.29, 1.82) is 0 Å². The van der Waals surface area contributed by atoms with E-state index in [2.05, 4.69) is 12.1 Å². The van der Waals surface area contributed by atoms with Gasteiger partial charge in [0.1, 0.15) is 6.61 Å². The number of methoxy groups -OCH3 is 1. The van der Waals surface area contributed by atoms with Gasteiger partial charge in [-0.05, 0) is 43.4 Å². The van der Waals surface area contributed by atoms with Crippen LogP contribution in [0, 0.1) is 0 Å². The van der Waals surface area contributed by atoms with Gasteiger partial charge in [-0.3, -0.25) is 0 Å². The first-order valence-corrected chi connectivity index (χ1v) is 8.12. The molecule has 0 heterocycles. The van der Waals surface area contributed by atoms with E-state index in [1.807, 2.05) is 12.1 Å². The lowest BCUT2D eigenvalue weighted by molar-refractivity contribution is -0.118. The molecule has 1 aliphatic carbocycles. The van der Waals surface area contributed by atoms with Gasteiger partial charge in [0.05, 0.1) is 12.2 Å². The lowest BCUT2D eigenvalue weighted by Crippen LogP contribution is -2.16. The van der Waals surface area contributed by atoms with Crippen LogP contribution in [0.3, 0.4) is 0 Å². The van der Waals surface area contributed by atoms with Crippen molar-refractivity contribution < 1.29 is 19.0 Å². The second kappa shape index (κ2) is 8.91. The van der Waals surface area contributed by atoms with E-state index in [0.717, 1.165) is 0 Å². The summed E-state index contributed by atoms with van der Waals surface area (Å²) < 4.78 is 15.4. The molecule has 1 fully saturated rings. The van der Waals surface area contributed by atoms with Gasteiger partial charge < -0.3 is 14.2 Å². The molecule has 0 spiro atoms. The van der Waals surface area contributed by atoms with Gasteiger partial charge in [-0.1, -0.05) is 31.4 Å². The minimum Gasteiger partial charge on any atom is -0.460 e. The van der Waals surface area contributed by atoms with Crippen molar-refractivity contribution in [2.24, 2.45) is 0 Å². The molecule has 0 saturated heterocycles. The van der Waals surface area contributed by atoms with E-state index in [0.29, 0.717) is 18.1 Å². The van der Waals surface area contributed by atoms with E-state index in [1.54, 1.807) is 14.0 Å². The number of hydrogen-bond acceptors (Lipinski definition) is 4. The van der Waals surface area contributed by atoms with Crippen molar-refractivity contribution in [3.8, 4) is 0 Å². The second-order valence-electron chi connectivity index (χ2n) is 5.77. The highest BCUT2D eigenvalue weighted by molar-refractivity contribution is 5.89. The van der Waals surface area contributed by atoms with Crippen LogP contribution in [-0.2, 0) is 14.2 Å². The lowest BCUT2D eigenvalue weighted by Gasteiger charge is -2.22. The Bertz CT molecular complexity index is 449. The van der Waals surface area contributed by atoms with Gasteiger partial charge in [-0.25, -0.2) is 4.79 Å². The maximum atomic E-state index is 11.9. The van der Waals surface area contributed by atoms with Crippen LogP contribution in [-0.4, -0.2) is 32.6 Å². The molecule has 0 N–H and O–H groups in total. The molecule has 22 heavy (non-hydrogen) atoms. The first kappa shape index (κ1) is 17.0. The molecule has 1 aliphatic rings. The molecule has 0 radical (unpaired) electrons. The Labute approximate surface area is 132 Å². The topological polar surface area (TPSA) is 44.8 Å². The van der Waals surface area contributed by atoms with Crippen LogP contribution in [0.5, 0.6) is 0 Å². The molecular weight excluding hydrogens is 280 g/mol. The fourth-order valence-corrected chi connectivity index (χ4v) is 2.83. The number of esters is 1. The molecule has 1 saturated carbocycles. The van der Waals surface area contributed by atoms with Gasteiger partial charge in [0.25, 0.3) is 0 Å². The lowest BCUT2D eigenvalue weighted by atomic mass is 9.84. The molecule has 2 rings (SSSR count). The SMILES string of the molecule is COC(C)OCCOC(=O)c1ccc(C2CCCCC2)cc1. The number of hydrogen-bond donors (Lipinski definition) is 0. The van der Waals surface area contributed by atoms with Crippen molar-refractivity contribution >= 4 is 5.97 Å². The van der Waals surface area contributed by atoms with Crippen LogP contribution in [0.15, 0.2) is 24.3 Å². The highest BCUT2D eigenvalue weighted by Crippen LogP contribution is 2.32. The molecule has 0 aromatic heterocycles. The summed E-state index contributed by atoms with van der Waals surface area (Å²) in [6, 6.07) is 7.86. The van der Waals surface area contributed by atoms with E-state index in [-0.39, 0.29) is 18.9 Å². The summed E-state index contributed by atoms with van der Waals surface area (Å²) in [7, 11) is 1.57. The third-order valence-corrected chi connectivity index (χ3v) is 4.22. The summed E-state index contributed by atoms with van der Waals surface area (Å²) in [6.07, 6.45) is 6.22. The monoisotopic (exact) mass is 306 g/mol. The minimum atomic E-state index is -0.302. The molecule has 0 aliphatic heterocycles. The van der Waals surface area contributed by atoms with Crippen LogP contribution in [0.1, 0.15) is 60.9 Å². The van der Waals surface area contributed by atoms with Crippen LogP contribution >= 0.6 is 0 Å². The maximum Gasteiger partial charge on any atom is 0.338 e. The molecular formula is C18H26O4. The van der Waals surface area contributed by atoms with Gasteiger partial charge in [0.2, 0.25) is 0 Å². The highest BCUT2D eigenvalue weighted by Gasteiger charge is 2.16. The Hall–Kier alpha value is -1.39. The zero-order valence-corrected chi connectivity index (χ0v) is 13.5. The van der Waals surface area contributed by atoms with Crippen molar-refractivity contribution in [1.82, 2.24) is 0 Å². The Kier molecular flexibility index (Phi) is 6.87. The molecule has 1 aromatic rings. The van der Waals surface area contributed by atoms with Crippen molar-refractivity contribution in [3.05, 3.63) is 35.4 Å². The molecule has 0 amide bonds. The number of carbonyl (C=O) groups is 1. The van der Waals surface area contributed by atoms with E-state index < -0.39 is 0 Å². The third-order valence-electron chi connectivity index (χ3n) is 4.22. The maximum absolute atomic E-state index is 11.9. The molecule has 122 valence electrons. The van der Waals surface area contributed by atoms with E-state index in [1.165, 1.54) is 37.7 Å². The zero-order chi connectivity index (χ0) is 15.8. The molecule has 1 aromatic carbocycles. The van der Waals surface area contributed by atoms with E-state index >= 15 is 0 Å². The van der Waals surface area contributed by atoms with Crippen molar-refractivity contribution in [2.45, 2.75) is 51.2 Å².